The zero-order valence-electron chi connectivity index (χ0n) is 13.6. The van der Waals surface area contributed by atoms with Gasteiger partial charge in [-0.3, -0.25) is 4.79 Å². The van der Waals surface area contributed by atoms with E-state index in [1.165, 1.54) is 0 Å². The lowest BCUT2D eigenvalue weighted by molar-refractivity contribution is -0.131. The van der Waals surface area contributed by atoms with Crippen molar-refractivity contribution in [2.24, 2.45) is 11.1 Å². The third kappa shape index (κ3) is 3.97. The fraction of sp³-hybridized carbons (Fsp3) is 0.588. The number of carbonyl (C=O) groups is 1. The van der Waals surface area contributed by atoms with Gasteiger partial charge in [-0.25, -0.2) is 0 Å². The average molecular weight is 292 g/mol. The molecule has 21 heavy (non-hydrogen) atoms. The first-order valence-corrected chi connectivity index (χ1v) is 7.77. The summed E-state index contributed by atoms with van der Waals surface area (Å²) in [5, 5.41) is 3.09. The molecule has 1 amide bonds. The Balaban J connectivity index is 2.90. The van der Waals surface area contributed by atoms with Gasteiger partial charge in [0.05, 0.1) is 18.1 Å². The number of nitrogens with two attached hydrogens (primary N) is 1. The molecule has 0 heterocycles. The van der Waals surface area contributed by atoms with Crippen molar-refractivity contribution in [3.63, 3.8) is 0 Å². The van der Waals surface area contributed by atoms with Crippen LogP contribution in [0, 0.1) is 5.41 Å². The van der Waals surface area contributed by atoms with Crippen LogP contribution in [0.15, 0.2) is 24.3 Å². The number of nitrogens with one attached hydrogen (secondary N) is 1. The van der Waals surface area contributed by atoms with Crippen molar-refractivity contribution < 1.29 is 9.53 Å². The zero-order chi connectivity index (χ0) is 15.9. The molecule has 118 valence electrons. The van der Waals surface area contributed by atoms with Crippen LogP contribution in [-0.2, 0) is 4.79 Å². The van der Waals surface area contributed by atoms with Crippen molar-refractivity contribution in [2.75, 3.05) is 13.2 Å². The Kier molecular flexibility index (Phi) is 6.69. The first-order valence-electron chi connectivity index (χ1n) is 7.77. The number of rotatable bonds is 8. The van der Waals surface area contributed by atoms with Crippen molar-refractivity contribution in [1.82, 2.24) is 5.32 Å². The summed E-state index contributed by atoms with van der Waals surface area (Å²) in [7, 11) is 0. The standard InChI is InChI=1S/C17H28N2O2/c1-5-17(6-2,12-18)16(20)19-13(4)14-10-8-9-11-15(14)21-7-3/h8-11,13H,5-7,12,18H2,1-4H3,(H,19,20). The van der Waals surface area contributed by atoms with Crippen LogP contribution < -0.4 is 15.8 Å². The Labute approximate surface area is 128 Å². The first-order chi connectivity index (χ1) is 10.0. The highest BCUT2D eigenvalue weighted by atomic mass is 16.5. The van der Waals surface area contributed by atoms with Crippen LogP contribution in [0.4, 0.5) is 0 Å². The SMILES string of the molecule is CCOc1ccccc1C(C)NC(=O)C(CC)(CC)CN. The predicted octanol–water partition coefficient (Wildman–Crippen LogP) is 3.03. The Morgan fingerprint density at radius 3 is 2.43 bits per heavy atom. The van der Waals surface area contributed by atoms with Gasteiger partial charge in [0, 0.05) is 12.1 Å². The molecule has 0 bridgehead atoms. The number of amides is 1. The first kappa shape index (κ1) is 17.5. The summed E-state index contributed by atoms with van der Waals surface area (Å²) >= 11 is 0. The summed E-state index contributed by atoms with van der Waals surface area (Å²) in [6, 6.07) is 7.70. The lowest BCUT2D eigenvalue weighted by atomic mass is 9.81. The van der Waals surface area contributed by atoms with Crippen molar-refractivity contribution in [3.8, 4) is 5.75 Å². The van der Waals surface area contributed by atoms with Crippen LogP contribution in [0.1, 0.15) is 52.1 Å². The molecular formula is C17H28N2O2. The molecule has 0 saturated heterocycles. The van der Waals surface area contributed by atoms with Crippen LogP contribution in [0.5, 0.6) is 5.75 Å². The number of ether oxygens (including phenoxy) is 1. The molecule has 0 aromatic heterocycles. The normalized spacial score (nSPS) is 12.8. The van der Waals surface area contributed by atoms with E-state index in [-0.39, 0.29) is 11.9 Å². The van der Waals surface area contributed by atoms with Crippen molar-refractivity contribution in [3.05, 3.63) is 29.8 Å². The van der Waals surface area contributed by atoms with Gasteiger partial charge in [-0.1, -0.05) is 32.0 Å². The fourth-order valence-corrected chi connectivity index (χ4v) is 2.51. The van der Waals surface area contributed by atoms with E-state index in [0.29, 0.717) is 13.2 Å². The van der Waals surface area contributed by atoms with Crippen LogP contribution in [-0.4, -0.2) is 19.1 Å². The van der Waals surface area contributed by atoms with Gasteiger partial charge in [0.15, 0.2) is 0 Å². The van der Waals surface area contributed by atoms with Gasteiger partial charge in [0.2, 0.25) is 5.91 Å². The molecule has 0 spiro atoms. The van der Waals surface area contributed by atoms with Gasteiger partial charge < -0.3 is 15.8 Å². The zero-order valence-corrected chi connectivity index (χ0v) is 13.6. The molecule has 1 atom stereocenters. The Hall–Kier alpha value is -1.55. The summed E-state index contributed by atoms with van der Waals surface area (Å²) in [4.78, 5) is 12.6. The van der Waals surface area contributed by atoms with E-state index in [0.717, 1.165) is 24.2 Å². The third-order valence-electron chi connectivity index (χ3n) is 4.26. The van der Waals surface area contributed by atoms with Crippen molar-refractivity contribution in [1.29, 1.82) is 0 Å². The number of para-hydroxylation sites is 1. The van der Waals surface area contributed by atoms with Crippen LogP contribution in [0.2, 0.25) is 0 Å². The monoisotopic (exact) mass is 292 g/mol. The van der Waals surface area contributed by atoms with E-state index < -0.39 is 5.41 Å². The molecule has 1 rings (SSSR count). The van der Waals surface area contributed by atoms with Crippen molar-refractivity contribution in [2.45, 2.75) is 46.6 Å². The highest BCUT2D eigenvalue weighted by Gasteiger charge is 2.34. The third-order valence-corrected chi connectivity index (χ3v) is 4.26. The van der Waals surface area contributed by atoms with E-state index in [1.807, 2.05) is 52.0 Å². The molecule has 0 saturated carbocycles. The van der Waals surface area contributed by atoms with Gasteiger partial charge in [-0.05, 0) is 32.8 Å². The molecule has 0 fully saturated rings. The largest absolute Gasteiger partial charge is 0.494 e. The molecule has 1 aromatic rings. The maximum Gasteiger partial charge on any atom is 0.227 e. The summed E-state index contributed by atoms with van der Waals surface area (Å²) < 4.78 is 5.63. The molecule has 0 aliphatic rings. The summed E-state index contributed by atoms with van der Waals surface area (Å²) in [6.45, 7) is 8.92. The Morgan fingerprint density at radius 1 is 1.29 bits per heavy atom. The van der Waals surface area contributed by atoms with E-state index in [9.17, 15) is 4.79 Å². The summed E-state index contributed by atoms with van der Waals surface area (Å²) in [6.07, 6.45) is 1.48. The average Bonchev–Trinajstić information content (AvgIpc) is 2.50. The maximum absolute atomic E-state index is 12.6. The van der Waals surface area contributed by atoms with E-state index in [4.69, 9.17) is 10.5 Å². The van der Waals surface area contributed by atoms with Gasteiger partial charge in [0.1, 0.15) is 5.75 Å². The number of hydrogen-bond donors (Lipinski definition) is 2. The quantitative estimate of drug-likeness (QED) is 0.774. The molecule has 0 aliphatic carbocycles. The lowest BCUT2D eigenvalue weighted by Crippen LogP contribution is -2.46. The second-order valence-electron chi connectivity index (χ2n) is 5.36. The summed E-state index contributed by atoms with van der Waals surface area (Å²) in [5.74, 6) is 0.841. The molecule has 0 aliphatic heterocycles. The molecule has 1 unspecified atom stereocenters. The Bertz CT molecular complexity index is 448. The van der Waals surface area contributed by atoms with E-state index in [1.54, 1.807) is 0 Å². The fourth-order valence-electron chi connectivity index (χ4n) is 2.51. The minimum atomic E-state index is -0.477. The number of benzene rings is 1. The topological polar surface area (TPSA) is 64.3 Å². The highest BCUT2D eigenvalue weighted by Crippen LogP contribution is 2.29. The lowest BCUT2D eigenvalue weighted by Gasteiger charge is -2.30. The molecule has 4 heteroatoms. The highest BCUT2D eigenvalue weighted by molar-refractivity contribution is 5.83. The number of hydrogen-bond acceptors (Lipinski definition) is 3. The minimum absolute atomic E-state index is 0.0220. The van der Waals surface area contributed by atoms with Crippen LogP contribution in [0.3, 0.4) is 0 Å². The molecule has 4 nitrogen and oxygen atoms in total. The van der Waals surface area contributed by atoms with Crippen LogP contribution in [0.25, 0.3) is 0 Å². The summed E-state index contributed by atoms with van der Waals surface area (Å²) in [5.41, 5.74) is 6.35. The van der Waals surface area contributed by atoms with Gasteiger partial charge >= 0.3 is 0 Å². The predicted molar refractivity (Wildman–Crippen MR) is 86.2 cm³/mol. The van der Waals surface area contributed by atoms with E-state index in [2.05, 4.69) is 5.32 Å². The molecule has 3 N–H and O–H groups in total. The van der Waals surface area contributed by atoms with Gasteiger partial charge in [-0.15, -0.1) is 0 Å². The second kappa shape index (κ2) is 8.03. The smallest absolute Gasteiger partial charge is 0.227 e. The minimum Gasteiger partial charge on any atom is -0.494 e. The van der Waals surface area contributed by atoms with Gasteiger partial charge in [-0.2, -0.15) is 0 Å². The molecule has 0 radical (unpaired) electrons. The molecule has 1 aromatic carbocycles. The van der Waals surface area contributed by atoms with E-state index >= 15 is 0 Å². The van der Waals surface area contributed by atoms with Crippen LogP contribution >= 0.6 is 0 Å². The number of carbonyl (C=O) groups excluding carboxylic acids is 1. The van der Waals surface area contributed by atoms with Gasteiger partial charge in [0.25, 0.3) is 0 Å². The molecular weight excluding hydrogens is 264 g/mol. The van der Waals surface area contributed by atoms with Crippen molar-refractivity contribution >= 4 is 5.91 Å². The Morgan fingerprint density at radius 2 is 1.90 bits per heavy atom. The second-order valence-corrected chi connectivity index (χ2v) is 5.36. The maximum atomic E-state index is 12.6.